The van der Waals surface area contributed by atoms with Gasteiger partial charge in [-0.15, -0.1) is 11.8 Å². The van der Waals surface area contributed by atoms with Crippen molar-refractivity contribution >= 4 is 47.5 Å². The fourth-order valence-corrected chi connectivity index (χ4v) is 5.38. The number of carbonyl (C=O) groups excluding carboxylic acids is 6. The molecule has 0 spiro atoms. The van der Waals surface area contributed by atoms with E-state index in [1.807, 2.05) is 18.2 Å². The molecule has 1 saturated heterocycles. The fraction of sp³-hybridized carbons (Fsp3) is 0.571. The second-order valence-corrected chi connectivity index (χ2v) is 11.0. The minimum absolute atomic E-state index is 0.0601. The van der Waals surface area contributed by atoms with E-state index in [-0.39, 0.29) is 25.4 Å². The van der Waals surface area contributed by atoms with Crippen molar-refractivity contribution in [2.45, 2.75) is 89.5 Å². The quantitative estimate of drug-likeness (QED) is 0.189. The van der Waals surface area contributed by atoms with E-state index in [0.29, 0.717) is 0 Å². The Morgan fingerprint density at radius 1 is 0.930 bits per heavy atom. The predicted molar refractivity (Wildman–Crippen MR) is 153 cm³/mol. The number of ether oxygens (including phenoxy) is 5. The van der Waals surface area contributed by atoms with Gasteiger partial charge in [0, 0.05) is 27.7 Å². The Morgan fingerprint density at radius 3 is 2.14 bits per heavy atom. The molecule has 4 N–H and O–H groups in total. The number of thioether (sulfide) groups is 1. The maximum absolute atomic E-state index is 12.6. The summed E-state index contributed by atoms with van der Waals surface area (Å²) in [5.41, 5.74) is 5.98. The number of nitrogens with two attached hydrogens (primary N) is 1. The first-order chi connectivity index (χ1) is 20.3. The monoisotopic (exact) mass is 625 g/mol. The smallest absolute Gasteiger partial charge is 0.328 e. The van der Waals surface area contributed by atoms with E-state index in [2.05, 4.69) is 10.6 Å². The molecule has 0 bridgehead atoms. The standard InChI is InChI=1S/C28H39N3O11S/c1-15(27(37)39-13-20-9-7-6-8-10-20)30-26(36)21(29)11-12-43-28-23(31-16(2)32)25(41-19(5)35)24(40-18(4)34)22(42-28)14-38-17(3)33/h6-10,15,21-25,28H,11-14,29H2,1-5H3,(H,30,36)(H,31,32)/t15-,21-,22+,23+,24+,25+,28-/m0/s1. The molecule has 0 saturated carbocycles. The molecule has 14 nitrogen and oxygen atoms in total. The zero-order valence-electron chi connectivity index (χ0n) is 24.7. The van der Waals surface area contributed by atoms with Gasteiger partial charge in [0.25, 0.3) is 0 Å². The molecule has 1 aromatic carbocycles. The van der Waals surface area contributed by atoms with Crippen LogP contribution < -0.4 is 16.4 Å². The van der Waals surface area contributed by atoms with E-state index in [1.54, 1.807) is 12.1 Å². The van der Waals surface area contributed by atoms with Gasteiger partial charge in [0.2, 0.25) is 11.8 Å². The van der Waals surface area contributed by atoms with Crippen LogP contribution in [0.3, 0.4) is 0 Å². The number of hydrogen-bond acceptors (Lipinski definition) is 13. The summed E-state index contributed by atoms with van der Waals surface area (Å²) in [4.78, 5) is 72.4. The molecule has 238 valence electrons. The van der Waals surface area contributed by atoms with Crippen molar-refractivity contribution in [2.24, 2.45) is 5.73 Å². The summed E-state index contributed by atoms with van der Waals surface area (Å²) in [6, 6.07) is 6.16. The Balaban J connectivity index is 2.05. The number of carbonyl (C=O) groups is 6. The average molecular weight is 626 g/mol. The van der Waals surface area contributed by atoms with Crippen LogP contribution in [0.2, 0.25) is 0 Å². The van der Waals surface area contributed by atoms with Gasteiger partial charge < -0.3 is 40.1 Å². The Labute approximate surface area is 254 Å². The summed E-state index contributed by atoms with van der Waals surface area (Å²) >= 11 is 1.15. The third kappa shape index (κ3) is 12.2. The number of rotatable bonds is 14. The predicted octanol–water partition coefficient (Wildman–Crippen LogP) is 0.341. The molecule has 7 atom stereocenters. The van der Waals surface area contributed by atoms with Gasteiger partial charge in [-0.05, 0) is 24.7 Å². The SMILES string of the molecule is CC(=O)N[C@@H]1[C@@H](OC(C)=O)[C@H](OC(C)=O)[C@@H](COC(C)=O)O[C@H]1SCC[C@H](N)C(=O)N[C@@H](C)C(=O)OCc1ccccc1. The molecular weight excluding hydrogens is 586 g/mol. The summed E-state index contributed by atoms with van der Waals surface area (Å²) in [6.07, 6.45) is -3.29. The van der Waals surface area contributed by atoms with Gasteiger partial charge in [-0.2, -0.15) is 0 Å². The molecule has 2 amide bonds. The van der Waals surface area contributed by atoms with Crippen LogP contribution in [-0.4, -0.2) is 89.9 Å². The first kappa shape index (κ1) is 35.5. The molecule has 43 heavy (non-hydrogen) atoms. The van der Waals surface area contributed by atoms with Gasteiger partial charge in [0.1, 0.15) is 36.8 Å². The van der Waals surface area contributed by atoms with Crippen molar-refractivity contribution in [1.82, 2.24) is 10.6 Å². The van der Waals surface area contributed by atoms with Crippen molar-refractivity contribution < 1.29 is 52.5 Å². The molecule has 1 aromatic rings. The topological polar surface area (TPSA) is 199 Å². The number of amides is 2. The summed E-state index contributed by atoms with van der Waals surface area (Å²) in [6.45, 7) is 5.97. The number of benzene rings is 1. The van der Waals surface area contributed by atoms with E-state index in [9.17, 15) is 28.8 Å². The first-order valence-corrected chi connectivity index (χ1v) is 14.6. The zero-order chi connectivity index (χ0) is 32.1. The number of nitrogens with one attached hydrogen (secondary N) is 2. The third-order valence-electron chi connectivity index (χ3n) is 6.06. The second kappa shape index (κ2) is 17.4. The van der Waals surface area contributed by atoms with Crippen LogP contribution in [-0.2, 0) is 59.1 Å². The van der Waals surface area contributed by atoms with Gasteiger partial charge in [-0.1, -0.05) is 30.3 Å². The summed E-state index contributed by atoms with van der Waals surface area (Å²) in [7, 11) is 0. The Morgan fingerprint density at radius 2 is 1.56 bits per heavy atom. The van der Waals surface area contributed by atoms with Gasteiger partial charge in [-0.3, -0.25) is 24.0 Å². The zero-order valence-corrected chi connectivity index (χ0v) is 25.5. The largest absolute Gasteiger partial charge is 0.463 e. The minimum Gasteiger partial charge on any atom is -0.463 e. The van der Waals surface area contributed by atoms with E-state index in [1.165, 1.54) is 20.8 Å². The summed E-state index contributed by atoms with van der Waals surface area (Å²) < 4.78 is 27.2. The first-order valence-electron chi connectivity index (χ1n) is 13.6. The minimum atomic E-state index is -1.20. The highest BCUT2D eigenvalue weighted by molar-refractivity contribution is 7.99. The molecule has 15 heteroatoms. The van der Waals surface area contributed by atoms with Crippen LogP contribution in [0.25, 0.3) is 0 Å². The third-order valence-corrected chi connectivity index (χ3v) is 7.26. The van der Waals surface area contributed by atoms with Gasteiger partial charge in [0.05, 0.1) is 6.04 Å². The molecule has 0 unspecified atom stereocenters. The Kier molecular flexibility index (Phi) is 14.4. The van der Waals surface area contributed by atoms with Crippen molar-refractivity contribution in [1.29, 1.82) is 0 Å². The van der Waals surface area contributed by atoms with Gasteiger partial charge >= 0.3 is 23.9 Å². The lowest BCUT2D eigenvalue weighted by Crippen LogP contribution is -2.65. The van der Waals surface area contributed by atoms with Crippen molar-refractivity contribution in [3.8, 4) is 0 Å². The molecule has 1 fully saturated rings. The van der Waals surface area contributed by atoms with Gasteiger partial charge in [0.15, 0.2) is 12.2 Å². The number of esters is 4. The molecule has 0 aromatic heterocycles. The highest BCUT2D eigenvalue weighted by Gasteiger charge is 2.50. The highest BCUT2D eigenvalue weighted by atomic mass is 32.2. The summed E-state index contributed by atoms with van der Waals surface area (Å²) in [5.74, 6) is -3.46. The Hall–Kier alpha value is -3.69. The normalized spacial score (nSPS) is 22.7. The van der Waals surface area contributed by atoms with Crippen molar-refractivity contribution in [3.05, 3.63) is 35.9 Å². The molecule has 2 rings (SSSR count). The van der Waals surface area contributed by atoms with Crippen molar-refractivity contribution in [2.75, 3.05) is 12.4 Å². The molecule has 1 aliphatic rings. The number of hydrogen-bond donors (Lipinski definition) is 3. The molecule has 0 radical (unpaired) electrons. The molecule has 0 aliphatic carbocycles. The van der Waals surface area contributed by atoms with E-state index in [0.717, 1.165) is 31.2 Å². The van der Waals surface area contributed by atoms with E-state index < -0.39 is 77.6 Å². The molecular formula is C28H39N3O11S. The molecule has 1 aliphatic heterocycles. The molecule has 1 heterocycles. The van der Waals surface area contributed by atoms with Crippen LogP contribution in [0, 0.1) is 0 Å². The van der Waals surface area contributed by atoms with Crippen LogP contribution in [0.4, 0.5) is 0 Å². The fourth-order valence-electron chi connectivity index (χ4n) is 4.11. The van der Waals surface area contributed by atoms with Crippen LogP contribution in [0.1, 0.15) is 46.6 Å². The maximum Gasteiger partial charge on any atom is 0.328 e. The maximum atomic E-state index is 12.6. The van der Waals surface area contributed by atoms with E-state index >= 15 is 0 Å². The van der Waals surface area contributed by atoms with Crippen LogP contribution in [0.15, 0.2) is 30.3 Å². The summed E-state index contributed by atoms with van der Waals surface area (Å²) in [5, 5.41) is 5.21. The van der Waals surface area contributed by atoms with Crippen molar-refractivity contribution in [3.63, 3.8) is 0 Å². The highest BCUT2D eigenvalue weighted by Crippen LogP contribution is 2.33. The lowest BCUT2D eigenvalue weighted by Gasteiger charge is -2.45. The lowest BCUT2D eigenvalue weighted by molar-refractivity contribution is -0.211. The second-order valence-electron chi connectivity index (χ2n) is 9.81. The Bertz CT molecular complexity index is 1140. The van der Waals surface area contributed by atoms with Gasteiger partial charge in [-0.25, -0.2) is 4.79 Å². The van der Waals surface area contributed by atoms with Crippen LogP contribution in [0.5, 0.6) is 0 Å². The van der Waals surface area contributed by atoms with Crippen LogP contribution >= 0.6 is 11.8 Å². The van der Waals surface area contributed by atoms with E-state index in [4.69, 9.17) is 29.4 Å². The lowest BCUT2D eigenvalue weighted by atomic mass is 9.97. The average Bonchev–Trinajstić information content (AvgIpc) is 2.93.